The van der Waals surface area contributed by atoms with Crippen LogP contribution >= 0.6 is 0 Å². The Morgan fingerprint density at radius 2 is 0.673 bits per heavy atom. The minimum absolute atomic E-state index is 0.0647. The number of carbonyl (C=O) groups excluding carboxylic acids is 3. The summed E-state index contributed by atoms with van der Waals surface area (Å²) in [6.45, 7) is 8.96. The van der Waals surface area contributed by atoms with Crippen molar-refractivity contribution in [2.45, 2.75) is 259 Å². The molecule has 0 saturated carbocycles. The summed E-state index contributed by atoms with van der Waals surface area (Å²) in [6.07, 6.45) is 39.5. The topological polar surface area (TPSA) is 78.9 Å². The molecule has 308 valence electrons. The summed E-state index contributed by atoms with van der Waals surface area (Å²) < 4.78 is 16.7. The molecule has 6 heteroatoms. The molecule has 0 saturated heterocycles. The number of carbonyl (C=O) groups is 3. The highest BCUT2D eigenvalue weighted by Crippen LogP contribution is 2.17. The van der Waals surface area contributed by atoms with E-state index in [0.717, 1.165) is 63.7 Å². The highest BCUT2D eigenvalue weighted by molar-refractivity contribution is 5.71. The molecular formula is C46H88O6. The number of hydrogen-bond acceptors (Lipinski definition) is 6. The Morgan fingerprint density at radius 3 is 1.00 bits per heavy atom. The predicted octanol–water partition coefficient (Wildman–Crippen LogP) is 14.3. The molecule has 0 rings (SSSR count). The van der Waals surface area contributed by atoms with Gasteiger partial charge in [-0.15, -0.1) is 0 Å². The highest BCUT2D eigenvalue weighted by Gasteiger charge is 2.19. The van der Waals surface area contributed by atoms with Crippen molar-refractivity contribution < 1.29 is 28.6 Å². The Hall–Kier alpha value is -1.59. The molecule has 0 fully saturated rings. The zero-order chi connectivity index (χ0) is 38.2. The Kier molecular flexibility index (Phi) is 39.4. The number of hydrogen-bond donors (Lipinski definition) is 0. The molecule has 0 aromatic carbocycles. The molecule has 0 radical (unpaired) electrons. The molecule has 52 heavy (non-hydrogen) atoms. The van der Waals surface area contributed by atoms with Gasteiger partial charge in [0.1, 0.15) is 13.2 Å². The Morgan fingerprint density at radius 1 is 0.385 bits per heavy atom. The van der Waals surface area contributed by atoms with Gasteiger partial charge in [0.2, 0.25) is 0 Å². The van der Waals surface area contributed by atoms with Crippen LogP contribution in [0.25, 0.3) is 0 Å². The minimum Gasteiger partial charge on any atom is -0.462 e. The summed E-state index contributed by atoms with van der Waals surface area (Å²) in [7, 11) is 0. The maximum Gasteiger partial charge on any atom is 0.306 e. The maximum atomic E-state index is 12.7. The molecule has 0 aliphatic carbocycles. The van der Waals surface area contributed by atoms with Crippen LogP contribution in [0.4, 0.5) is 0 Å². The third-order valence-electron chi connectivity index (χ3n) is 10.7. The van der Waals surface area contributed by atoms with Gasteiger partial charge in [-0.25, -0.2) is 0 Å². The van der Waals surface area contributed by atoms with Gasteiger partial charge in [0, 0.05) is 19.3 Å². The lowest BCUT2D eigenvalue weighted by Crippen LogP contribution is -2.30. The summed E-state index contributed by atoms with van der Waals surface area (Å²) in [5, 5.41) is 0. The lowest BCUT2D eigenvalue weighted by Gasteiger charge is -2.18. The van der Waals surface area contributed by atoms with Gasteiger partial charge < -0.3 is 14.2 Å². The molecular weight excluding hydrogens is 648 g/mol. The van der Waals surface area contributed by atoms with Crippen molar-refractivity contribution in [1.82, 2.24) is 0 Å². The molecule has 0 amide bonds. The SMILES string of the molecule is CCCCCCCCCCCCCCCCCC(=O)O[C@H](COC(=O)CCCCCCCCC)COC(=O)CCCCCCCCCCC(C)CC. The average Bonchev–Trinajstić information content (AvgIpc) is 3.14. The molecule has 0 N–H and O–H groups in total. The summed E-state index contributed by atoms with van der Waals surface area (Å²) >= 11 is 0. The van der Waals surface area contributed by atoms with E-state index in [2.05, 4.69) is 27.7 Å². The van der Waals surface area contributed by atoms with E-state index in [-0.39, 0.29) is 31.1 Å². The quantitative estimate of drug-likeness (QED) is 0.0353. The van der Waals surface area contributed by atoms with Gasteiger partial charge in [-0.1, -0.05) is 214 Å². The Balaban J connectivity index is 4.27. The first-order chi connectivity index (χ1) is 25.4. The number of unbranched alkanes of at least 4 members (excludes halogenated alkanes) is 27. The monoisotopic (exact) mass is 737 g/mol. The van der Waals surface area contributed by atoms with Gasteiger partial charge in [0.15, 0.2) is 6.10 Å². The van der Waals surface area contributed by atoms with Crippen molar-refractivity contribution in [3.05, 3.63) is 0 Å². The molecule has 0 aromatic rings. The van der Waals surface area contributed by atoms with Gasteiger partial charge >= 0.3 is 17.9 Å². The summed E-state index contributed by atoms with van der Waals surface area (Å²) in [5.41, 5.74) is 0. The fourth-order valence-electron chi connectivity index (χ4n) is 6.77. The number of rotatable bonds is 41. The van der Waals surface area contributed by atoms with Crippen LogP contribution in [0.5, 0.6) is 0 Å². The van der Waals surface area contributed by atoms with Crippen molar-refractivity contribution in [1.29, 1.82) is 0 Å². The first-order valence-corrected chi connectivity index (χ1v) is 22.9. The van der Waals surface area contributed by atoms with E-state index in [1.54, 1.807) is 0 Å². The van der Waals surface area contributed by atoms with E-state index >= 15 is 0 Å². The van der Waals surface area contributed by atoms with Crippen molar-refractivity contribution in [2.24, 2.45) is 5.92 Å². The van der Waals surface area contributed by atoms with Crippen LogP contribution < -0.4 is 0 Å². The van der Waals surface area contributed by atoms with E-state index in [9.17, 15) is 14.4 Å². The third-order valence-corrected chi connectivity index (χ3v) is 10.7. The molecule has 0 aliphatic rings. The third kappa shape index (κ3) is 38.1. The van der Waals surface area contributed by atoms with Crippen LogP contribution in [0, 0.1) is 5.92 Å². The molecule has 2 atom stereocenters. The summed E-state index contributed by atoms with van der Waals surface area (Å²) in [5.74, 6) is -0.0130. The average molecular weight is 737 g/mol. The van der Waals surface area contributed by atoms with Gasteiger partial charge in [-0.05, 0) is 25.2 Å². The van der Waals surface area contributed by atoms with Crippen LogP contribution in [-0.4, -0.2) is 37.2 Å². The van der Waals surface area contributed by atoms with Gasteiger partial charge in [0.05, 0.1) is 0 Å². The first kappa shape index (κ1) is 50.4. The van der Waals surface area contributed by atoms with Gasteiger partial charge in [-0.2, -0.15) is 0 Å². The molecule has 0 bridgehead atoms. The Bertz CT molecular complexity index is 783. The second kappa shape index (κ2) is 40.6. The second-order valence-electron chi connectivity index (χ2n) is 15.9. The van der Waals surface area contributed by atoms with Crippen molar-refractivity contribution in [3.63, 3.8) is 0 Å². The van der Waals surface area contributed by atoms with Crippen molar-refractivity contribution in [2.75, 3.05) is 13.2 Å². The minimum atomic E-state index is -0.758. The summed E-state index contributed by atoms with van der Waals surface area (Å²) in [4.78, 5) is 37.6. The Labute approximate surface area is 323 Å². The van der Waals surface area contributed by atoms with E-state index in [1.165, 1.54) is 148 Å². The van der Waals surface area contributed by atoms with E-state index in [0.29, 0.717) is 19.3 Å². The van der Waals surface area contributed by atoms with E-state index < -0.39 is 6.10 Å². The lowest BCUT2D eigenvalue weighted by atomic mass is 9.99. The largest absolute Gasteiger partial charge is 0.462 e. The highest BCUT2D eigenvalue weighted by atomic mass is 16.6. The molecule has 0 spiro atoms. The van der Waals surface area contributed by atoms with Gasteiger partial charge in [0.25, 0.3) is 0 Å². The lowest BCUT2D eigenvalue weighted by molar-refractivity contribution is -0.167. The zero-order valence-electron chi connectivity index (χ0n) is 35.3. The molecule has 6 nitrogen and oxygen atoms in total. The van der Waals surface area contributed by atoms with Gasteiger partial charge in [-0.3, -0.25) is 14.4 Å². The summed E-state index contributed by atoms with van der Waals surface area (Å²) in [6, 6.07) is 0. The smallest absolute Gasteiger partial charge is 0.306 e. The van der Waals surface area contributed by atoms with Crippen molar-refractivity contribution >= 4 is 17.9 Å². The number of esters is 3. The van der Waals surface area contributed by atoms with Crippen LogP contribution in [0.3, 0.4) is 0 Å². The van der Waals surface area contributed by atoms with Crippen LogP contribution in [-0.2, 0) is 28.6 Å². The molecule has 0 aliphatic heterocycles. The first-order valence-electron chi connectivity index (χ1n) is 22.9. The molecule has 0 heterocycles. The van der Waals surface area contributed by atoms with Crippen molar-refractivity contribution in [3.8, 4) is 0 Å². The zero-order valence-corrected chi connectivity index (χ0v) is 35.3. The fraction of sp³-hybridized carbons (Fsp3) is 0.935. The standard InChI is InChI=1S/C46H88O6/c1-5-8-10-12-14-15-16-17-18-19-20-21-27-31-35-39-46(49)52-43(40-50-44(47)37-33-29-24-13-11-9-6-2)41-51-45(48)38-34-30-26-23-22-25-28-32-36-42(4)7-3/h42-43H,5-41H2,1-4H3/t42?,43-/m1/s1. The van der Waals surface area contributed by atoms with Crippen LogP contribution in [0.15, 0.2) is 0 Å². The normalized spacial score (nSPS) is 12.5. The van der Waals surface area contributed by atoms with Crippen LogP contribution in [0.1, 0.15) is 252 Å². The molecule has 0 aromatic heterocycles. The van der Waals surface area contributed by atoms with E-state index in [1.807, 2.05) is 0 Å². The van der Waals surface area contributed by atoms with E-state index in [4.69, 9.17) is 14.2 Å². The number of ether oxygens (including phenoxy) is 3. The fourth-order valence-corrected chi connectivity index (χ4v) is 6.77. The predicted molar refractivity (Wildman–Crippen MR) is 220 cm³/mol. The molecule has 1 unspecified atom stereocenters. The second-order valence-corrected chi connectivity index (χ2v) is 15.9. The van der Waals surface area contributed by atoms with Crippen LogP contribution in [0.2, 0.25) is 0 Å². The maximum absolute atomic E-state index is 12.7.